The van der Waals surface area contributed by atoms with E-state index in [2.05, 4.69) is 9.24 Å². The fourth-order valence-electron chi connectivity index (χ4n) is 0.917. The largest absolute Gasteiger partial charge is 0.283 e. The van der Waals surface area contributed by atoms with Crippen molar-refractivity contribution in [2.45, 2.75) is 19.1 Å². The first kappa shape index (κ1) is 12.6. The van der Waals surface area contributed by atoms with E-state index in [0.29, 0.717) is 5.69 Å². The molecule has 0 fully saturated rings. The lowest BCUT2D eigenvalue weighted by Gasteiger charge is -2.10. The Morgan fingerprint density at radius 3 is 2.60 bits per heavy atom. The summed E-state index contributed by atoms with van der Waals surface area (Å²) in [6.45, 7) is 3.31. The van der Waals surface area contributed by atoms with Crippen molar-refractivity contribution < 1.29 is 8.42 Å². The zero-order valence-corrected chi connectivity index (χ0v) is 11.7. The Labute approximate surface area is 101 Å². The van der Waals surface area contributed by atoms with Crippen molar-refractivity contribution in [2.75, 3.05) is 4.72 Å². The highest BCUT2D eigenvalue weighted by Crippen LogP contribution is 2.17. The molecule has 0 heterocycles. The smallest absolute Gasteiger partial charge is 0.235 e. The number of hydrogen-bond acceptors (Lipinski definition) is 2. The molecule has 1 aromatic carbocycles. The molecule has 0 bridgehead atoms. The minimum atomic E-state index is -3.23. The number of rotatable bonds is 4. The number of nitrogens with one attached hydrogen (secondary N) is 1. The lowest BCUT2D eigenvalue weighted by molar-refractivity contribution is 0.593. The van der Waals surface area contributed by atoms with Crippen LogP contribution in [0.25, 0.3) is 0 Å². The van der Waals surface area contributed by atoms with Gasteiger partial charge >= 0.3 is 0 Å². The summed E-state index contributed by atoms with van der Waals surface area (Å²) in [7, 11) is -3.23. The van der Waals surface area contributed by atoms with Crippen LogP contribution in [0.15, 0.2) is 24.3 Å². The molecular weight excluding hydrogens is 325 g/mol. The maximum atomic E-state index is 11.6. The lowest BCUT2D eigenvalue weighted by atomic mass is 10.3. The highest BCUT2D eigenvalue weighted by molar-refractivity contribution is 14.2. The van der Waals surface area contributed by atoms with Crippen LogP contribution in [0.5, 0.6) is 0 Å². The summed E-state index contributed by atoms with van der Waals surface area (Å²) in [5.74, 6) is 0. The van der Waals surface area contributed by atoms with E-state index < -0.39 is 15.3 Å². The van der Waals surface area contributed by atoms with Crippen molar-refractivity contribution in [3.8, 4) is 0 Å². The maximum Gasteiger partial charge on any atom is 0.235 e. The summed E-state index contributed by atoms with van der Waals surface area (Å²) in [4.78, 5) is 0. The van der Waals surface area contributed by atoms with Gasteiger partial charge in [-0.05, 0) is 32.0 Å². The molecule has 5 heteroatoms. The van der Waals surface area contributed by atoms with Gasteiger partial charge in [-0.2, -0.15) is 0 Å². The minimum Gasteiger partial charge on any atom is -0.283 e. The summed E-state index contributed by atoms with van der Waals surface area (Å²) < 4.78 is 30.7. The fraction of sp³-hybridized carbons (Fsp3) is 0.300. The first-order valence-corrected chi connectivity index (χ1v) is 8.61. The molecule has 0 aliphatic heterocycles. The second-order valence-corrected chi connectivity index (χ2v) is 7.59. The Morgan fingerprint density at radius 2 is 2.07 bits per heavy atom. The number of benzene rings is 1. The van der Waals surface area contributed by atoms with E-state index in [9.17, 15) is 8.42 Å². The predicted molar refractivity (Wildman–Crippen MR) is 74.0 cm³/mol. The molecular formula is C10H14INO2S. The third kappa shape index (κ3) is 3.57. The van der Waals surface area contributed by atoms with Crippen LogP contribution in [-0.4, -0.2) is 18.2 Å². The summed E-state index contributed by atoms with van der Waals surface area (Å²) in [5.41, 5.74) is 0.629. The molecule has 0 atom stereocenters. The Morgan fingerprint density at radius 1 is 1.40 bits per heavy atom. The number of halogens is 1. The van der Waals surface area contributed by atoms with E-state index >= 15 is 0 Å². The molecule has 1 aromatic rings. The number of anilines is 1. The third-order valence-electron chi connectivity index (χ3n) is 1.86. The summed E-state index contributed by atoms with van der Waals surface area (Å²) >= 11 is -0.251. The summed E-state index contributed by atoms with van der Waals surface area (Å²) in [6, 6.07) is 7.41. The molecule has 0 radical (unpaired) electrons. The highest BCUT2D eigenvalue weighted by atomic mass is 127. The normalized spacial score (nSPS) is 11.7. The second-order valence-electron chi connectivity index (χ2n) is 3.34. The van der Waals surface area contributed by atoms with E-state index in [4.69, 9.17) is 0 Å². The van der Waals surface area contributed by atoms with Crippen molar-refractivity contribution in [1.29, 1.82) is 0 Å². The van der Waals surface area contributed by atoms with Crippen LogP contribution in [0.3, 0.4) is 0 Å². The second kappa shape index (κ2) is 5.07. The molecule has 0 aromatic heterocycles. The van der Waals surface area contributed by atoms with E-state index in [-0.39, 0.29) is 20.7 Å². The molecule has 84 valence electrons. The predicted octanol–water partition coefficient (Wildman–Crippen LogP) is 2.41. The lowest BCUT2D eigenvalue weighted by Crippen LogP contribution is -2.22. The molecule has 3 nitrogen and oxygen atoms in total. The summed E-state index contributed by atoms with van der Waals surface area (Å²) in [5, 5.41) is -0.421. The van der Waals surface area contributed by atoms with Crippen molar-refractivity contribution in [1.82, 2.24) is 0 Å². The van der Waals surface area contributed by atoms with Gasteiger partial charge in [-0.25, -0.2) is 8.42 Å². The van der Waals surface area contributed by atoms with Gasteiger partial charge in [0.25, 0.3) is 0 Å². The Bertz CT molecular complexity index is 454. The zero-order valence-electron chi connectivity index (χ0n) is 8.70. The number of hydrogen-bond donors (Lipinski definition) is 1. The first-order valence-electron chi connectivity index (χ1n) is 4.46. The molecule has 0 aliphatic carbocycles. The molecule has 0 amide bonds. The zero-order chi connectivity index (χ0) is 11.5. The molecule has 0 spiro atoms. The Kier molecular flexibility index (Phi) is 4.27. The Hall–Kier alpha value is -0.430. The molecule has 0 unspecified atom stereocenters. The van der Waals surface area contributed by atoms with Crippen LogP contribution in [0.2, 0.25) is 0 Å². The first-order chi connectivity index (χ1) is 6.95. The minimum absolute atomic E-state index is 0.251. The highest BCUT2D eigenvalue weighted by Gasteiger charge is 2.15. The quantitative estimate of drug-likeness (QED) is 0.857. The van der Waals surface area contributed by atoms with Gasteiger partial charge in [-0.15, -0.1) is 0 Å². The van der Waals surface area contributed by atoms with Crippen molar-refractivity contribution >= 4 is 41.0 Å². The monoisotopic (exact) mass is 339 g/mol. The van der Waals surface area contributed by atoms with E-state index in [1.807, 2.05) is 18.2 Å². The van der Waals surface area contributed by atoms with E-state index in [1.165, 1.54) is 0 Å². The summed E-state index contributed by atoms with van der Waals surface area (Å²) in [6.07, 6.45) is 0. The van der Waals surface area contributed by atoms with Gasteiger partial charge in [0.15, 0.2) is 0 Å². The fourth-order valence-corrected chi connectivity index (χ4v) is 2.63. The number of sulfonamides is 1. The van der Waals surface area contributed by atoms with Crippen LogP contribution in [0, 0.1) is 3.57 Å². The third-order valence-corrected chi connectivity index (χ3v) is 5.17. The molecule has 0 aliphatic rings. The average molecular weight is 339 g/mol. The van der Waals surface area contributed by atoms with Gasteiger partial charge in [0, 0.05) is 9.26 Å². The van der Waals surface area contributed by atoms with Crippen molar-refractivity contribution in [3.05, 3.63) is 27.8 Å². The van der Waals surface area contributed by atoms with E-state index in [1.54, 1.807) is 19.9 Å². The molecule has 1 rings (SSSR count). The van der Waals surface area contributed by atoms with Crippen molar-refractivity contribution in [2.24, 2.45) is 0 Å². The van der Waals surface area contributed by atoms with Crippen LogP contribution in [0.1, 0.15) is 13.8 Å². The molecule has 15 heavy (non-hydrogen) atoms. The topological polar surface area (TPSA) is 46.2 Å². The van der Waals surface area contributed by atoms with E-state index in [0.717, 1.165) is 3.57 Å². The van der Waals surface area contributed by atoms with Gasteiger partial charge in [-0.1, -0.05) is 31.3 Å². The van der Waals surface area contributed by atoms with Crippen LogP contribution < -0.4 is 4.72 Å². The standard InChI is InChI=1S/C10H14INO2S/c1-8(2)15(13,14)12-10-6-4-5-9(7-10)11-3/h4-8,12H,3H2,1-2H3. The average Bonchev–Trinajstić information content (AvgIpc) is 2.17. The SMILES string of the molecule is C=Ic1cccc(NS(=O)(=O)C(C)C)c1. The van der Waals surface area contributed by atoms with Gasteiger partial charge in [0.1, 0.15) is 0 Å². The van der Waals surface area contributed by atoms with Crippen LogP contribution in [0.4, 0.5) is 5.69 Å². The van der Waals surface area contributed by atoms with Crippen molar-refractivity contribution in [3.63, 3.8) is 0 Å². The molecule has 0 saturated heterocycles. The van der Waals surface area contributed by atoms with Gasteiger partial charge in [0.05, 0.1) is 5.25 Å². The van der Waals surface area contributed by atoms with Gasteiger partial charge in [0.2, 0.25) is 10.0 Å². The molecule has 1 N–H and O–H groups in total. The maximum absolute atomic E-state index is 11.6. The molecule has 0 saturated carbocycles. The van der Waals surface area contributed by atoms with Gasteiger partial charge < -0.3 is 0 Å². The Balaban J connectivity index is 2.95. The van der Waals surface area contributed by atoms with Gasteiger partial charge in [-0.3, -0.25) is 4.72 Å². The van der Waals surface area contributed by atoms with Crippen LogP contribution >= 0.6 is 20.7 Å². The van der Waals surface area contributed by atoms with Crippen LogP contribution in [-0.2, 0) is 10.0 Å².